The van der Waals surface area contributed by atoms with Crippen molar-refractivity contribution >= 4 is 23.5 Å². The van der Waals surface area contributed by atoms with Crippen molar-refractivity contribution in [1.29, 1.82) is 0 Å². The Hall–Kier alpha value is -2.44. The van der Waals surface area contributed by atoms with Crippen LogP contribution in [0, 0.1) is 5.82 Å². The van der Waals surface area contributed by atoms with E-state index in [0.29, 0.717) is 5.56 Å². The van der Waals surface area contributed by atoms with E-state index in [1.54, 1.807) is 0 Å². The Morgan fingerprint density at radius 1 is 1.43 bits per heavy atom. The van der Waals surface area contributed by atoms with Crippen LogP contribution in [0.5, 0.6) is 0 Å². The van der Waals surface area contributed by atoms with Crippen molar-refractivity contribution in [3.05, 3.63) is 29.6 Å². The van der Waals surface area contributed by atoms with Gasteiger partial charge in [-0.1, -0.05) is 6.07 Å². The SMILES string of the molecule is CC(C)(NC(=O)C1CC(=O)Nc2cc(F)ccc21)C(=O)O. The molecule has 0 fully saturated rings. The van der Waals surface area contributed by atoms with Gasteiger partial charge in [-0.25, -0.2) is 9.18 Å². The van der Waals surface area contributed by atoms with Gasteiger partial charge in [0.1, 0.15) is 11.4 Å². The largest absolute Gasteiger partial charge is 0.480 e. The summed E-state index contributed by atoms with van der Waals surface area (Å²) in [5.41, 5.74) is -0.750. The van der Waals surface area contributed by atoms with Gasteiger partial charge in [0, 0.05) is 12.1 Å². The Labute approximate surface area is 120 Å². The number of hydrogen-bond acceptors (Lipinski definition) is 3. The number of carbonyl (C=O) groups excluding carboxylic acids is 2. The van der Waals surface area contributed by atoms with Crippen LogP contribution in [0.2, 0.25) is 0 Å². The molecule has 1 aromatic rings. The summed E-state index contributed by atoms with van der Waals surface area (Å²) in [6.07, 6.45) is -0.111. The average molecular weight is 294 g/mol. The topological polar surface area (TPSA) is 95.5 Å². The van der Waals surface area contributed by atoms with Crippen molar-refractivity contribution in [2.45, 2.75) is 31.7 Å². The number of carboxylic acid groups (broad SMARTS) is 1. The van der Waals surface area contributed by atoms with Crippen LogP contribution >= 0.6 is 0 Å². The van der Waals surface area contributed by atoms with Gasteiger partial charge in [0.15, 0.2) is 0 Å². The quantitative estimate of drug-likeness (QED) is 0.781. The molecule has 0 spiro atoms. The molecule has 6 nitrogen and oxygen atoms in total. The van der Waals surface area contributed by atoms with E-state index in [1.807, 2.05) is 0 Å². The minimum atomic E-state index is -1.45. The van der Waals surface area contributed by atoms with Crippen molar-refractivity contribution in [2.24, 2.45) is 0 Å². The van der Waals surface area contributed by atoms with E-state index in [4.69, 9.17) is 5.11 Å². The first kappa shape index (κ1) is 15.0. The zero-order valence-electron chi connectivity index (χ0n) is 11.6. The molecule has 3 N–H and O–H groups in total. The number of anilines is 1. The molecule has 1 atom stereocenters. The number of rotatable bonds is 3. The lowest BCUT2D eigenvalue weighted by molar-refractivity contribution is -0.146. The van der Waals surface area contributed by atoms with Crippen molar-refractivity contribution in [3.8, 4) is 0 Å². The van der Waals surface area contributed by atoms with E-state index in [2.05, 4.69) is 10.6 Å². The highest BCUT2D eigenvalue weighted by Gasteiger charge is 2.36. The van der Waals surface area contributed by atoms with Crippen LogP contribution in [0.3, 0.4) is 0 Å². The van der Waals surface area contributed by atoms with Crippen molar-refractivity contribution in [2.75, 3.05) is 5.32 Å². The van der Waals surface area contributed by atoms with Gasteiger partial charge in [-0.3, -0.25) is 9.59 Å². The molecule has 1 aliphatic rings. The van der Waals surface area contributed by atoms with Gasteiger partial charge < -0.3 is 15.7 Å². The second-order valence-corrected chi connectivity index (χ2v) is 5.46. The highest BCUT2D eigenvalue weighted by atomic mass is 19.1. The number of fused-ring (bicyclic) bond motifs is 1. The third-order valence-corrected chi connectivity index (χ3v) is 3.34. The van der Waals surface area contributed by atoms with Gasteiger partial charge in [-0.05, 0) is 31.5 Å². The molecule has 1 unspecified atom stereocenters. The fourth-order valence-corrected chi connectivity index (χ4v) is 2.12. The van der Waals surface area contributed by atoms with E-state index >= 15 is 0 Å². The van der Waals surface area contributed by atoms with Gasteiger partial charge >= 0.3 is 5.97 Å². The van der Waals surface area contributed by atoms with E-state index in [1.165, 1.54) is 26.0 Å². The first-order valence-corrected chi connectivity index (χ1v) is 6.35. The molecule has 2 rings (SSSR count). The lowest BCUT2D eigenvalue weighted by Gasteiger charge is -2.28. The summed E-state index contributed by atoms with van der Waals surface area (Å²) >= 11 is 0. The summed E-state index contributed by atoms with van der Waals surface area (Å²) in [6, 6.07) is 3.75. The van der Waals surface area contributed by atoms with Crippen LogP contribution < -0.4 is 10.6 Å². The lowest BCUT2D eigenvalue weighted by Crippen LogP contribution is -2.51. The Morgan fingerprint density at radius 2 is 2.10 bits per heavy atom. The number of nitrogens with one attached hydrogen (secondary N) is 2. The molecule has 1 aromatic carbocycles. The molecule has 0 radical (unpaired) electrons. The molecule has 0 aliphatic carbocycles. The molecule has 1 heterocycles. The predicted molar refractivity (Wildman–Crippen MR) is 72.2 cm³/mol. The van der Waals surface area contributed by atoms with Gasteiger partial charge in [-0.2, -0.15) is 0 Å². The fraction of sp³-hybridized carbons (Fsp3) is 0.357. The zero-order valence-corrected chi connectivity index (χ0v) is 11.6. The highest BCUT2D eigenvalue weighted by Crippen LogP contribution is 2.33. The second kappa shape index (κ2) is 5.16. The molecular formula is C14H15FN2O4. The van der Waals surface area contributed by atoms with Gasteiger partial charge in [0.05, 0.1) is 5.92 Å². The lowest BCUT2D eigenvalue weighted by atomic mass is 9.89. The van der Waals surface area contributed by atoms with E-state index < -0.39 is 35.1 Å². The molecule has 0 bridgehead atoms. The number of hydrogen-bond donors (Lipinski definition) is 3. The Morgan fingerprint density at radius 3 is 2.71 bits per heavy atom. The van der Waals surface area contributed by atoms with Crippen LogP contribution in [-0.4, -0.2) is 28.4 Å². The number of halogens is 1. The molecule has 0 saturated heterocycles. The smallest absolute Gasteiger partial charge is 0.328 e. The van der Waals surface area contributed by atoms with Crippen LogP contribution in [-0.2, 0) is 14.4 Å². The first-order chi connectivity index (χ1) is 9.70. The number of amides is 2. The highest BCUT2D eigenvalue weighted by molar-refractivity contribution is 6.02. The Kier molecular flexibility index (Phi) is 3.67. The molecule has 0 saturated carbocycles. The van der Waals surface area contributed by atoms with Crippen molar-refractivity contribution in [3.63, 3.8) is 0 Å². The predicted octanol–water partition coefficient (Wildman–Crippen LogP) is 1.23. The minimum absolute atomic E-state index is 0.111. The summed E-state index contributed by atoms with van der Waals surface area (Å²) in [6.45, 7) is 2.70. The van der Waals surface area contributed by atoms with E-state index in [9.17, 15) is 18.8 Å². The standard InChI is InChI=1S/C14H15FN2O4/c1-14(2,13(20)21)17-12(19)9-6-11(18)16-10-5-7(15)3-4-8(9)10/h3-5,9H,6H2,1-2H3,(H,16,18)(H,17,19)(H,20,21). The number of aliphatic carboxylic acids is 1. The average Bonchev–Trinajstić information content (AvgIpc) is 2.36. The summed E-state index contributed by atoms with van der Waals surface area (Å²) < 4.78 is 13.2. The Balaban J connectivity index is 2.31. The summed E-state index contributed by atoms with van der Waals surface area (Å²) in [4.78, 5) is 34.9. The van der Waals surface area contributed by atoms with Crippen LogP contribution in [0.4, 0.5) is 10.1 Å². The third kappa shape index (κ3) is 3.01. The number of carbonyl (C=O) groups is 3. The molecule has 0 aromatic heterocycles. The zero-order chi connectivity index (χ0) is 15.8. The molecule has 2 amide bonds. The summed E-state index contributed by atoms with van der Waals surface area (Å²) in [7, 11) is 0. The molecule has 21 heavy (non-hydrogen) atoms. The second-order valence-electron chi connectivity index (χ2n) is 5.46. The normalized spacial score (nSPS) is 17.7. The van der Waals surface area contributed by atoms with Crippen LogP contribution in [0.1, 0.15) is 31.7 Å². The molecule has 1 aliphatic heterocycles. The minimum Gasteiger partial charge on any atom is -0.480 e. The van der Waals surface area contributed by atoms with Gasteiger partial charge in [0.2, 0.25) is 11.8 Å². The van der Waals surface area contributed by atoms with Gasteiger partial charge in [-0.15, -0.1) is 0 Å². The summed E-state index contributed by atoms with van der Waals surface area (Å²) in [5.74, 6) is -3.55. The van der Waals surface area contributed by atoms with Crippen LogP contribution in [0.25, 0.3) is 0 Å². The fourth-order valence-electron chi connectivity index (χ4n) is 2.12. The third-order valence-electron chi connectivity index (χ3n) is 3.34. The monoisotopic (exact) mass is 294 g/mol. The molecule has 112 valence electrons. The Bertz CT molecular complexity index is 627. The van der Waals surface area contributed by atoms with Crippen molar-refractivity contribution < 1.29 is 23.9 Å². The van der Waals surface area contributed by atoms with Gasteiger partial charge in [0.25, 0.3) is 0 Å². The van der Waals surface area contributed by atoms with Crippen LogP contribution in [0.15, 0.2) is 18.2 Å². The molecule has 7 heteroatoms. The van der Waals surface area contributed by atoms with E-state index in [-0.39, 0.29) is 12.1 Å². The maximum atomic E-state index is 13.2. The maximum absolute atomic E-state index is 13.2. The first-order valence-electron chi connectivity index (χ1n) is 6.35. The summed E-state index contributed by atoms with van der Waals surface area (Å²) in [5, 5.41) is 13.9. The number of carboxylic acids is 1. The molecular weight excluding hydrogens is 279 g/mol. The van der Waals surface area contributed by atoms with Crippen molar-refractivity contribution in [1.82, 2.24) is 5.32 Å². The number of benzene rings is 1. The maximum Gasteiger partial charge on any atom is 0.328 e. The van der Waals surface area contributed by atoms with E-state index in [0.717, 1.165) is 6.07 Å².